The minimum absolute atomic E-state index is 0.305. The van der Waals surface area contributed by atoms with Gasteiger partial charge in [0.25, 0.3) is 0 Å². The maximum atomic E-state index is 13.2. The van der Waals surface area contributed by atoms with Crippen LogP contribution in [-0.4, -0.2) is 6.03 Å². The molecule has 0 radical (unpaired) electrons. The SMILES string of the molecule is Cc1ccc2oc(=O)c3c(c2c1)NC(=O)NC3c1ccc(F)cc1. The largest absolute Gasteiger partial charge is 0.422 e. The first kappa shape index (κ1) is 14.4. The lowest BCUT2D eigenvalue weighted by molar-refractivity contribution is 0.248. The van der Waals surface area contributed by atoms with E-state index in [0.717, 1.165) is 5.56 Å². The van der Waals surface area contributed by atoms with Gasteiger partial charge in [-0.25, -0.2) is 14.0 Å². The number of benzene rings is 2. The fraction of sp³-hybridized carbons (Fsp3) is 0.111. The summed E-state index contributed by atoms with van der Waals surface area (Å²) in [5.74, 6) is -0.389. The molecule has 0 bridgehead atoms. The normalized spacial score (nSPS) is 16.4. The number of nitrogens with one attached hydrogen (secondary N) is 2. The summed E-state index contributed by atoms with van der Waals surface area (Å²) in [6.45, 7) is 1.91. The number of rotatable bonds is 1. The fourth-order valence-corrected chi connectivity index (χ4v) is 2.99. The number of carbonyl (C=O) groups is 1. The van der Waals surface area contributed by atoms with E-state index >= 15 is 0 Å². The van der Waals surface area contributed by atoms with Gasteiger partial charge in [-0.15, -0.1) is 0 Å². The molecule has 6 heteroatoms. The monoisotopic (exact) mass is 324 g/mol. The molecule has 1 atom stereocenters. The molecular weight excluding hydrogens is 311 g/mol. The molecule has 2 amide bonds. The maximum Gasteiger partial charge on any atom is 0.344 e. The molecule has 2 aromatic carbocycles. The zero-order valence-corrected chi connectivity index (χ0v) is 12.7. The summed E-state index contributed by atoms with van der Waals surface area (Å²) in [4.78, 5) is 24.6. The van der Waals surface area contributed by atoms with Gasteiger partial charge in [-0.1, -0.05) is 23.8 Å². The number of carbonyl (C=O) groups excluding carboxylic acids is 1. The Kier molecular flexibility index (Phi) is 3.13. The fourth-order valence-electron chi connectivity index (χ4n) is 2.99. The first-order chi connectivity index (χ1) is 11.5. The minimum atomic E-state index is -0.699. The number of fused-ring (bicyclic) bond motifs is 3. The van der Waals surface area contributed by atoms with Gasteiger partial charge in [0.1, 0.15) is 11.4 Å². The lowest BCUT2D eigenvalue weighted by Crippen LogP contribution is -2.41. The van der Waals surface area contributed by atoms with Crippen molar-refractivity contribution in [3.05, 3.63) is 75.4 Å². The average Bonchev–Trinajstić information content (AvgIpc) is 2.55. The number of amides is 2. The summed E-state index contributed by atoms with van der Waals surface area (Å²) < 4.78 is 18.6. The molecule has 1 aliphatic heterocycles. The second-order valence-electron chi connectivity index (χ2n) is 5.76. The molecule has 120 valence electrons. The van der Waals surface area contributed by atoms with E-state index in [-0.39, 0.29) is 5.82 Å². The number of halogens is 1. The Morgan fingerprint density at radius 1 is 1.08 bits per heavy atom. The first-order valence-corrected chi connectivity index (χ1v) is 7.43. The Bertz CT molecular complexity index is 1020. The van der Waals surface area contributed by atoms with E-state index in [9.17, 15) is 14.0 Å². The van der Waals surface area contributed by atoms with Crippen molar-refractivity contribution in [2.75, 3.05) is 5.32 Å². The highest BCUT2D eigenvalue weighted by molar-refractivity contribution is 6.03. The number of anilines is 1. The van der Waals surface area contributed by atoms with E-state index in [2.05, 4.69) is 10.6 Å². The third-order valence-corrected chi connectivity index (χ3v) is 4.10. The highest BCUT2D eigenvalue weighted by Crippen LogP contribution is 2.35. The van der Waals surface area contributed by atoms with Crippen LogP contribution in [0.15, 0.2) is 51.7 Å². The van der Waals surface area contributed by atoms with Crippen molar-refractivity contribution in [3.63, 3.8) is 0 Å². The molecule has 0 saturated carbocycles. The minimum Gasteiger partial charge on any atom is -0.422 e. The number of hydrogen-bond acceptors (Lipinski definition) is 3. The summed E-state index contributed by atoms with van der Waals surface area (Å²) in [5, 5.41) is 6.05. The molecule has 1 aromatic heterocycles. The van der Waals surface area contributed by atoms with Crippen molar-refractivity contribution in [2.45, 2.75) is 13.0 Å². The maximum absolute atomic E-state index is 13.2. The Balaban J connectivity index is 2.01. The van der Waals surface area contributed by atoms with E-state index in [1.54, 1.807) is 6.07 Å². The van der Waals surface area contributed by atoms with Crippen LogP contribution in [0, 0.1) is 12.7 Å². The topological polar surface area (TPSA) is 71.3 Å². The Morgan fingerprint density at radius 3 is 2.58 bits per heavy atom. The molecular formula is C18H13FN2O3. The standard InChI is InChI=1S/C18H13FN2O3/c1-9-2-7-13-12(8-9)16-14(17(22)24-13)15(20-18(23)21-16)10-3-5-11(19)6-4-10/h2-8,15H,1H3,(H2,20,21,23). The summed E-state index contributed by atoms with van der Waals surface area (Å²) in [6.07, 6.45) is 0. The van der Waals surface area contributed by atoms with E-state index in [0.29, 0.717) is 27.8 Å². The molecule has 1 aliphatic rings. The zero-order valence-electron chi connectivity index (χ0n) is 12.7. The highest BCUT2D eigenvalue weighted by Gasteiger charge is 2.31. The van der Waals surface area contributed by atoms with Crippen LogP contribution in [0.1, 0.15) is 22.7 Å². The molecule has 3 aromatic rings. The van der Waals surface area contributed by atoms with E-state index in [1.807, 2.05) is 19.1 Å². The Labute approximate surface area is 136 Å². The number of urea groups is 1. The van der Waals surface area contributed by atoms with E-state index in [4.69, 9.17) is 4.42 Å². The van der Waals surface area contributed by atoms with Gasteiger partial charge in [0.2, 0.25) is 0 Å². The molecule has 1 unspecified atom stereocenters. The van der Waals surface area contributed by atoms with Crippen LogP contribution in [0.2, 0.25) is 0 Å². The third kappa shape index (κ3) is 2.23. The number of hydrogen-bond donors (Lipinski definition) is 2. The summed E-state index contributed by atoms with van der Waals surface area (Å²) >= 11 is 0. The van der Waals surface area contributed by atoms with Gasteiger partial charge < -0.3 is 15.1 Å². The summed E-state index contributed by atoms with van der Waals surface area (Å²) in [5.41, 5.74) is 2.19. The van der Waals surface area contributed by atoms with Crippen molar-refractivity contribution in [2.24, 2.45) is 0 Å². The van der Waals surface area contributed by atoms with Crippen molar-refractivity contribution in [1.82, 2.24) is 5.32 Å². The van der Waals surface area contributed by atoms with Crippen LogP contribution in [0.4, 0.5) is 14.9 Å². The smallest absolute Gasteiger partial charge is 0.344 e. The van der Waals surface area contributed by atoms with Crippen LogP contribution in [-0.2, 0) is 0 Å². The predicted octanol–water partition coefficient (Wildman–Crippen LogP) is 3.47. The quantitative estimate of drug-likeness (QED) is 0.673. The van der Waals surface area contributed by atoms with Gasteiger partial charge >= 0.3 is 11.7 Å². The van der Waals surface area contributed by atoms with Crippen LogP contribution in [0.3, 0.4) is 0 Å². The van der Waals surface area contributed by atoms with E-state index in [1.165, 1.54) is 24.3 Å². The lowest BCUT2D eigenvalue weighted by Gasteiger charge is -2.27. The second-order valence-corrected chi connectivity index (χ2v) is 5.76. The average molecular weight is 324 g/mol. The molecule has 4 rings (SSSR count). The van der Waals surface area contributed by atoms with Gasteiger partial charge in [0.15, 0.2) is 0 Å². The molecule has 24 heavy (non-hydrogen) atoms. The van der Waals surface area contributed by atoms with Crippen molar-refractivity contribution in [3.8, 4) is 0 Å². The van der Waals surface area contributed by atoms with Gasteiger partial charge in [-0.3, -0.25) is 0 Å². The molecule has 2 heterocycles. The van der Waals surface area contributed by atoms with Crippen LogP contribution >= 0.6 is 0 Å². The van der Waals surface area contributed by atoms with Crippen molar-refractivity contribution < 1.29 is 13.6 Å². The van der Waals surface area contributed by atoms with Gasteiger partial charge in [0.05, 0.1) is 17.3 Å². The molecule has 5 nitrogen and oxygen atoms in total. The number of aryl methyl sites for hydroxylation is 1. The molecule has 0 saturated heterocycles. The van der Waals surface area contributed by atoms with Gasteiger partial charge in [0, 0.05) is 5.39 Å². The molecule has 0 spiro atoms. The Morgan fingerprint density at radius 2 is 1.83 bits per heavy atom. The molecule has 0 fully saturated rings. The molecule has 0 aliphatic carbocycles. The second kappa shape index (κ2) is 5.19. The van der Waals surface area contributed by atoms with Gasteiger partial charge in [-0.05, 0) is 36.8 Å². The zero-order chi connectivity index (χ0) is 16.8. The summed E-state index contributed by atoms with van der Waals surface area (Å²) in [6, 6.07) is 9.91. The first-order valence-electron chi connectivity index (χ1n) is 7.43. The van der Waals surface area contributed by atoms with Crippen LogP contribution < -0.4 is 16.3 Å². The van der Waals surface area contributed by atoms with Gasteiger partial charge in [-0.2, -0.15) is 0 Å². The van der Waals surface area contributed by atoms with Crippen LogP contribution in [0.25, 0.3) is 11.0 Å². The van der Waals surface area contributed by atoms with Crippen molar-refractivity contribution in [1.29, 1.82) is 0 Å². The predicted molar refractivity (Wildman–Crippen MR) is 87.6 cm³/mol. The molecule has 2 N–H and O–H groups in total. The third-order valence-electron chi connectivity index (χ3n) is 4.10. The van der Waals surface area contributed by atoms with Crippen molar-refractivity contribution >= 4 is 22.7 Å². The highest BCUT2D eigenvalue weighted by atomic mass is 19.1. The summed E-state index contributed by atoms with van der Waals surface area (Å²) in [7, 11) is 0. The van der Waals surface area contributed by atoms with E-state index < -0.39 is 17.7 Å². The Hall–Kier alpha value is -3.15. The van der Waals surface area contributed by atoms with Crippen LogP contribution in [0.5, 0.6) is 0 Å². The lowest BCUT2D eigenvalue weighted by atomic mass is 9.95.